The molecule has 1 aliphatic rings. The Morgan fingerprint density at radius 3 is 2.20 bits per heavy atom. The van der Waals surface area contributed by atoms with Crippen molar-refractivity contribution in [2.24, 2.45) is 17.3 Å². The lowest BCUT2D eigenvalue weighted by molar-refractivity contribution is -0.182. The van der Waals surface area contributed by atoms with Crippen LogP contribution in [0.4, 0.5) is 0 Å². The lowest BCUT2D eigenvalue weighted by atomic mass is 9.60. The molecule has 0 aliphatic heterocycles. The van der Waals surface area contributed by atoms with E-state index in [-0.39, 0.29) is 17.3 Å². The number of rotatable bonds is 2. The standard InChI is InChI=1S/C17H32O3/c1-12(14(18)20-16(5,6)7)17(19)11-9-8-10-13(17)15(2,3)4/h12-13,19H,8-11H2,1-7H3. The highest BCUT2D eigenvalue weighted by Gasteiger charge is 2.51. The largest absolute Gasteiger partial charge is 0.460 e. The van der Waals surface area contributed by atoms with Crippen molar-refractivity contribution in [1.82, 2.24) is 0 Å². The number of carbonyl (C=O) groups excluding carboxylic acids is 1. The van der Waals surface area contributed by atoms with Crippen molar-refractivity contribution >= 4 is 5.97 Å². The smallest absolute Gasteiger partial charge is 0.312 e. The quantitative estimate of drug-likeness (QED) is 0.781. The topological polar surface area (TPSA) is 46.5 Å². The molecule has 1 aliphatic carbocycles. The zero-order chi connectivity index (χ0) is 15.8. The number of hydrogen-bond acceptors (Lipinski definition) is 3. The third-order valence-electron chi connectivity index (χ3n) is 4.48. The van der Waals surface area contributed by atoms with E-state index in [0.29, 0.717) is 6.42 Å². The van der Waals surface area contributed by atoms with Crippen LogP contribution in [0.1, 0.15) is 74.1 Å². The Kier molecular flexibility index (Phi) is 4.95. The molecule has 0 bridgehead atoms. The molecule has 1 rings (SSSR count). The van der Waals surface area contributed by atoms with Crippen molar-refractivity contribution in [2.45, 2.75) is 85.4 Å². The molecule has 0 radical (unpaired) electrons. The first-order chi connectivity index (χ1) is 8.88. The first kappa shape index (κ1) is 17.5. The van der Waals surface area contributed by atoms with Crippen LogP contribution in [0.2, 0.25) is 0 Å². The van der Waals surface area contributed by atoms with Crippen molar-refractivity contribution in [3.05, 3.63) is 0 Å². The molecule has 1 saturated carbocycles. The molecule has 1 N–H and O–H groups in total. The Balaban J connectivity index is 2.96. The summed E-state index contributed by atoms with van der Waals surface area (Å²) < 4.78 is 5.48. The van der Waals surface area contributed by atoms with Gasteiger partial charge in [-0.25, -0.2) is 0 Å². The molecule has 0 aromatic carbocycles. The summed E-state index contributed by atoms with van der Waals surface area (Å²) in [5.41, 5.74) is -1.46. The molecule has 3 unspecified atom stereocenters. The summed E-state index contributed by atoms with van der Waals surface area (Å²) in [4.78, 5) is 12.4. The summed E-state index contributed by atoms with van der Waals surface area (Å²) in [6.07, 6.45) is 3.78. The van der Waals surface area contributed by atoms with Gasteiger partial charge in [0.05, 0.1) is 11.5 Å². The van der Waals surface area contributed by atoms with E-state index in [1.54, 1.807) is 0 Å². The van der Waals surface area contributed by atoms with Crippen molar-refractivity contribution in [1.29, 1.82) is 0 Å². The minimum absolute atomic E-state index is 0.00849. The molecule has 0 spiro atoms. The summed E-state index contributed by atoms with van der Waals surface area (Å²) >= 11 is 0. The zero-order valence-corrected chi connectivity index (χ0v) is 14.2. The highest BCUT2D eigenvalue weighted by molar-refractivity contribution is 5.74. The summed E-state index contributed by atoms with van der Waals surface area (Å²) in [7, 11) is 0. The number of hydrogen-bond donors (Lipinski definition) is 1. The van der Waals surface area contributed by atoms with Gasteiger partial charge in [0.2, 0.25) is 0 Å². The molecule has 3 atom stereocenters. The van der Waals surface area contributed by atoms with Crippen LogP contribution in [-0.4, -0.2) is 22.3 Å². The van der Waals surface area contributed by atoms with Crippen molar-refractivity contribution in [3.63, 3.8) is 0 Å². The Labute approximate surface area is 124 Å². The summed E-state index contributed by atoms with van der Waals surface area (Å²) in [6, 6.07) is 0. The fourth-order valence-corrected chi connectivity index (χ4v) is 3.48. The van der Waals surface area contributed by atoms with Crippen LogP contribution in [0.15, 0.2) is 0 Å². The predicted octanol–water partition coefficient (Wildman–Crippen LogP) is 3.93. The first-order valence-corrected chi connectivity index (χ1v) is 7.83. The molecule has 3 nitrogen and oxygen atoms in total. The van der Waals surface area contributed by atoms with E-state index in [4.69, 9.17) is 4.74 Å². The molecule has 0 aromatic rings. The monoisotopic (exact) mass is 284 g/mol. The molecule has 20 heavy (non-hydrogen) atoms. The SMILES string of the molecule is CC(C(=O)OC(C)(C)C)C1(O)CCCCC1C(C)(C)C. The van der Waals surface area contributed by atoms with Crippen LogP contribution in [0.3, 0.4) is 0 Å². The lowest BCUT2D eigenvalue weighted by Gasteiger charge is -2.49. The summed E-state index contributed by atoms with van der Waals surface area (Å²) in [5, 5.41) is 11.2. The second-order valence-electron chi connectivity index (χ2n) is 8.41. The Hall–Kier alpha value is -0.570. The van der Waals surface area contributed by atoms with Crippen molar-refractivity contribution < 1.29 is 14.6 Å². The predicted molar refractivity (Wildman–Crippen MR) is 81.4 cm³/mol. The molecule has 1 fully saturated rings. The maximum absolute atomic E-state index is 12.4. The highest BCUT2D eigenvalue weighted by atomic mass is 16.6. The fourth-order valence-electron chi connectivity index (χ4n) is 3.48. The highest BCUT2D eigenvalue weighted by Crippen LogP contribution is 2.48. The third kappa shape index (κ3) is 3.97. The number of ether oxygens (including phenoxy) is 1. The molecular formula is C17H32O3. The van der Waals surface area contributed by atoms with E-state index >= 15 is 0 Å². The van der Waals surface area contributed by atoms with E-state index in [1.165, 1.54) is 0 Å². The zero-order valence-electron chi connectivity index (χ0n) is 14.2. The van der Waals surface area contributed by atoms with E-state index in [2.05, 4.69) is 20.8 Å². The second kappa shape index (κ2) is 5.67. The van der Waals surface area contributed by atoms with Gasteiger partial charge in [-0.3, -0.25) is 4.79 Å². The number of carbonyl (C=O) groups is 1. The van der Waals surface area contributed by atoms with E-state index in [9.17, 15) is 9.90 Å². The van der Waals surface area contributed by atoms with E-state index < -0.39 is 17.1 Å². The molecule has 0 aromatic heterocycles. The van der Waals surface area contributed by atoms with Crippen LogP contribution >= 0.6 is 0 Å². The minimum atomic E-state index is -0.946. The molecule has 0 amide bonds. The maximum Gasteiger partial charge on any atom is 0.312 e. The van der Waals surface area contributed by atoms with Gasteiger partial charge in [-0.2, -0.15) is 0 Å². The normalized spacial score (nSPS) is 29.9. The maximum atomic E-state index is 12.4. The molecule has 3 heteroatoms. The van der Waals surface area contributed by atoms with Gasteiger partial charge < -0.3 is 9.84 Å². The molecular weight excluding hydrogens is 252 g/mol. The van der Waals surface area contributed by atoms with Crippen molar-refractivity contribution in [2.75, 3.05) is 0 Å². The van der Waals surface area contributed by atoms with Gasteiger partial charge in [0.1, 0.15) is 5.60 Å². The fraction of sp³-hybridized carbons (Fsp3) is 0.941. The van der Waals surface area contributed by atoms with E-state index in [0.717, 1.165) is 19.3 Å². The van der Waals surface area contributed by atoms with Crippen LogP contribution in [0.25, 0.3) is 0 Å². The third-order valence-corrected chi connectivity index (χ3v) is 4.48. The van der Waals surface area contributed by atoms with Gasteiger partial charge in [-0.05, 0) is 51.9 Å². The van der Waals surface area contributed by atoms with Gasteiger partial charge in [0.15, 0.2) is 0 Å². The van der Waals surface area contributed by atoms with Gasteiger partial charge in [-0.15, -0.1) is 0 Å². The van der Waals surface area contributed by atoms with Crippen LogP contribution in [0, 0.1) is 17.3 Å². The van der Waals surface area contributed by atoms with Crippen LogP contribution in [0.5, 0.6) is 0 Å². The second-order valence-corrected chi connectivity index (χ2v) is 8.41. The lowest BCUT2D eigenvalue weighted by Crippen LogP contribution is -2.54. The summed E-state index contributed by atoms with van der Waals surface area (Å²) in [6.45, 7) is 13.9. The van der Waals surface area contributed by atoms with Gasteiger partial charge in [0.25, 0.3) is 0 Å². The van der Waals surface area contributed by atoms with E-state index in [1.807, 2.05) is 27.7 Å². The molecule has 0 saturated heterocycles. The number of esters is 1. The van der Waals surface area contributed by atoms with Gasteiger partial charge in [-0.1, -0.05) is 33.6 Å². The average Bonchev–Trinajstić information content (AvgIpc) is 2.24. The Morgan fingerprint density at radius 1 is 1.20 bits per heavy atom. The molecule has 118 valence electrons. The Morgan fingerprint density at radius 2 is 1.75 bits per heavy atom. The minimum Gasteiger partial charge on any atom is -0.460 e. The van der Waals surface area contributed by atoms with Gasteiger partial charge in [0, 0.05) is 0 Å². The number of aliphatic hydroxyl groups is 1. The van der Waals surface area contributed by atoms with Gasteiger partial charge >= 0.3 is 5.97 Å². The first-order valence-electron chi connectivity index (χ1n) is 7.83. The van der Waals surface area contributed by atoms with Crippen molar-refractivity contribution in [3.8, 4) is 0 Å². The average molecular weight is 284 g/mol. The van der Waals surface area contributed by atoms with Crippen LogP contribution < -0.4 is 0 Å². The van der Waals surface area contributed by atoms with Crippen LogP contribution in [-0.2, 0) is 9.53 Å². The summed E-state index contributed by atoms with van der Waals surface area (Å²) in [5.74, 6) is -0.631. The molecule has 0 heterocycles. The Bertz CT molecular complexity index is 348.